The van der Waals surface area contributed by atoms with E-state index in [1.807, 2.05) is 0 Å². The summed E-state index contributed by atoms with van der Waals surface area (Å²) in [6, 6.07) is 1.66. The maximum atomic E-state index is 14.8. The Bertz CT molecular complexity index is 1040. The number of rotatable bonds is 7. The van der Waals surface area contributed by atoms with Gasteiger partial charge in [0.2, 0.25) is 0 Å². The van der Waals surface area contributed by atoms with Crippen LogP contribution in [0.5, 0.6) is 0 Å². The molecule has 4 rings (SSSR count). The molecule has 0 bridgehead atoms. The maximum Gasteiger partial charge on any atom is 0.432 e. The van der Waals surface area contributed by atoms with E-state index in [0.29, 0.717) is 24.7 Å². The summed E-state index contributed by atoms with van der Waals surface area (Å²) in [5.74, 6) is -2.55. The largest absolute Gasteiger partial charge is 0.432 e. The van der Waals surface area contributed by atoms with E-state index >= 15 is 0 Å². The van der Waals surface area contributed by atoms with Crippen LogP contribution in [0.4, 0.5) is 39.5 Å². The van der Waals surface area contributed by atoms with Gasteiger partial charge in [0.05, 0.1) is 0 Å². The van der Waals surface area contributed by atoms with Gasteiger partial charge in [-0.25, -0.2) is 17.6 Å². The summed E-state index contributed by atoms with van der Waals surface area (Å²) in [6.45, 7) is 2.20. The first-order chi connectivity index (χ1) is 18.2. The molecular formula is C29H33F9O. The third-order valence-electron chi connectivity index (χ3n) is 8.74. The van der Waals surface area contributed by atoms with Crippen LogP contribution in [0.2, 0.25) is 0 Å². The molecule has 2 unspecified atom stereocenters. The van der Waals surface area contributed by atoms with E-state index in [4.69, 9.17) is 0 Å². The van der Waals surface area contributed by atoms with Gasteiger partial charge in [-0.15, -0.1) is 0 Å². The van der Waals surface area contributed by atoms with Crippen molar-refractivity contribution in [1.82, 2.24) is 0 Å². The van der Waals surface area contributed by atoms with Gasteiger partial charge in [0.15, 0.2) is 6.17 Å². The van der Waals surface area contributed by atoms with E-state index in [9.17, 15) is 39.5 Å². The Kier molecular flexibility index (Phi) is 8.72. The standard InChI is InChI=1S/C29H33F9O/c1-2-3-17-4-6-18(7-5-17)19-8-10-20(11-9-19)21-14-23(30)26(24(31)15-21)28(34,35)39-22-12-13-27(33,25(32)16-22)29(36,37)38/h12-20,25H,2-11H2,1H3. The predicted molar refractivity (Wildman–Crippen MR) is 128 cm³/mol. The summed E-state index contributed by atoms with van der Waals surface area (Å²) in [7, 11) is 0. The molecule has 0 N–H and O–H groups in total. The molecule has 39 heavy (non-hydrogen) atoms. The van der Waals surface area contributed by atoms with Gasteiger partial charge in [0, 0.05) is 0 Å². The number of alkyl halides is 7. The first kappa shape index (κ1) is 29.8. The van der Waals surface area contributed by atoms with Crippen molar-refractivity contribution in [2.45, 2.75) is 101 Å². The fraction of sp³-hybridized carbons (Fsp3) is 0.655. The smallest absolute Gasteiger partial charge is 0.429 e. The zero-order valence-electron chi connectivity index (χ0n) is 21.7. The fourth-order valence-corrected chi connectivity index (χ4v) is 6.52. The summed E-state index contributed by atoms with van der Waals surface area (Å²) < 4.78 is 129. The van der Waals surface area contributed by atoms with E-state index in [0.717, 1.165) is 30.9 Å². The SMILES string of the molecule is CCCC1CCC(C2CCC(c3cc(F)c(C(F)(F)OC4=CC(F)C(F)(C(F)(F)F)C=C4)c(F)c3)CC2)CC1. The van der Waals surface area contributed by atoms with Crippen LogP contribution in [0, 0.1) is 29.4 Å². The lowest BCUT2D eigenvalue weighted by Gasteiger charge is -2.38. The van der Waals surface area contributed by atoms with Crippen LogP contribution >= 0.6 is 0 Å². The molecule has 0 amide bonds. The molecule has 1 aromatic carbocycles. The van der Waals surface area contributed by atoms with Gasteiger partial charge < -0.3 is 4.74 Å². The van der Waals surface area contributed by atoms with Gasteiger partial charge >= 0.3 is 12.3 Å². The molecule has 0 aliphatic heterocycles. The number of hydrogen-bond donors (Lipinski definition) is 0. The van der Waals surface area contributed by atoms with Gasteiger partial charge in [0.25, 0.3) is 5.67 Å². The van der Waals surface area contributed by atoms with E-state index in [1.165, 1.54) is 38.5 Å². The summed E-state index contributed by atoms with van der Waals surface area (Å²) in [5, 5.41) is 0. The highest BCUT2D eigenvalue weighted by Gasteiger charge is 2.60. The zero-order valence-corrected chi connectivity index (χ0v) is 21.7. The minimum Gasteiger partial charge on any atom is -0.429 e. The third-order valence-corrected chi connectivity index (χ3v) is 8.74. The maximum absolute atomic E-state index is 14.8. The van der Waals surface area contributed by atoms with Crippen LogP contribution in [-0.4, -0.2) is 18.0 Å². The Morgan fingerprint density at radius 3 is 1.90 bits per heavy atom. The second-order valence-corrected chi connectivity index (χ2v) is 11.2. The summed E-state index contributed by atoms with van der Waals surface area (Å²) >= 11 is 0. The molecule has 1 nitrogen and oxygen atoms in total. The molecule has 3 aliphatic rings. The molecule has 0 aromatic heterocycles. The van der Waals surface area contributed by atoms with Crippen molar-refractivity contribution in [2.75, 3.05) is 0 Å². The van der Waals surface area contributed by atoms with Crippen molar-refractivity contribution in [3.05, 3.63) is 58.9 Å². The highest BCUT2D eigenvalue weighted by Crippen LogP contribution is 2.47. The minimum atomic E-state index is -5.64. The zero-order chi connectivity index (χ0) is 28.6. The molecule has 3 aliphatic carbocycles. The Labute approximate surface area is 222 Å². The van der Waals surface area contributed by atoms with Crippen LogP contribution in [0.1, 0.15) is 88.2 Å². The molecular weight excluding hydrogens is 535 g/mol. The minimum absolute atomic E-state index is 0.139. The van der Waals surface area contributed by atoms with Crippen molar-refractivity contribution in [1.29, 1.82) is 0 Å². The van der Waals surface area contributed by atoms with Gasteiger partial charge in [-0.1, -0.05) is 32.6 Å². The molecule has 2 atom stereocenters. The molecule has 0 heterocycles. The van der Waals surface area contributed by atoms with Crippen molar-refractivity contribution in [2.24, 2.45) is 17.8 Å². The van der Waals surface area contributed by atoms with Crippen LogP contribution in [0.15, 0.2) is 36.1 Å². The number of hydrogen-bond acceptors (Lipinski definition) is 1. The highest BCUT2D eigenvalue weighted by molar-refractivity contribution is 5.33. The van der Waals surface area contributed by atoms with Crippen LogP contribution < -0.4 is 0 Å². The topological polar surface area (TPSA) is 9.23 Å². The van der Waals surface area contributed by atoms with E-state index in [1.54, 1.807) is 0 Å². The molecule has 2 fully saturated rings. The second kappa shape index (κ2) is 11.4. The fourth-order valence-electron chi connectivity index (χ4n) is 6.52. The molecule has 10 heteroatoms. The first-order valence-electron chi connectivity index (χ1n) is 13.6. The number of ether oxygens (including phenoxy) is 1. The number of halogens is 9. The van der Waals surface area contributed by atoms with Gasteiger partial charge in [-0.3, -0.25) is 0 Å². The van der Waals surface area contributed by atoms with Gasteiger partial charge in [0.1, 0.15) is 23.0 Å². The lowest BCUT2D eigenvalue weighted by atomic mass is 9.68. The van der Waals surface area contributed by atoms with E-state index < -0.39 is 47.1 Å². The van der Waals surface area contributed by atoms with Crippen molar-refractivity contribution < 1.29 is 44.3 Å². The summed E-state index contributed by atoms with van der Waals surface area (Å²) in [6.07, 6.45) is -3.49. The van der Waals surface area contributed by atoms with E-state index in [-0.39, 0.29) is 29.7 Å². The molecule has 218 valence electrons. The Balaban J connectivity index is 1.40. The summed E-state index contributed by atoms with van der Waals surface area (Å²) in [4.78, 5) is 0. The summed E-state index contributed by atoms with van der Waals surface area (Å²) in [5.41, 5.74) is -5.93. The normalized spacial score (nSPS) is 32.2. The average molecular weight is 569 g/mol. The van der Waals surface area contributed by atoms with Crippen LogP contribution in [-0.2, 0) is 10.8 Å². The van der Waals surface area contributed by atoms with Crippen LogP contribution in [0.3, 0.4) is 0 Å². The van der Waals surface area contributed by atoms with Gasteiger partial charge in [-0.2, -0.15) is 22.0 Å². The van der Waals surface area contributed by atoms with Gasteiger partial charge in [-0.05, 0) is 98.1 Å². The average Bonchev–Trinajstić information content (AvgIpc) is 2.85. The molecule has 0 saturated heterocycles. The third kappa shape index (κ3) is 6.29. The molecule has 1 aromatic rings. The second-order valence-electron chi connectivity index (χ2n) is 11.2. The quantitative estimate of drug-likeness (QED) is 0.298. The van der Waals surface area contributed by atoms with Crippen LogP contribution in [0.25, 0.3) is 0 Å². The van der Waals surface area contributed by atoms with Crippen molar-refractivity contribution >= 4 is 0 Å². The van der Waals surface area contributed by atoms with E-state index in [2.05, 4.69) is 11.7 Å². The Hall–Kier alpha value is -2.13. The molecule has 0 spiro atoms. The van der Waals surface area contributed by atoms with Crippen molar-refractivity contribution in [3.63, 3.8) is 0 Å². The molecule has 0 radical (unpaired) electrons. The highest BCUT2D eigenvalue weighted by atomic mass is 19.4. The lowest BCUT2D eigenvalue weighted by Crippen LogP contribution is -2.47. The van der Waals surface area contributed by atoms with Crippen molar-refractivity contribution in [3.8, 4) is 0 Å². The number of benzene rings is 1. The number of allylic oxidation sites excluding steroid dienone is 3. The first-order valence-corrected chi connectivity index (χ1v) is 13.6. The monoisotopic (exact) mass is 568 g/mol. The Morgan fingerprint density at radius 1 is 0.872 bits per heavy atom. The predicted octanol–water partition coefficient (Wildman–Crippen LogP) is 9.97. The molecule has 2 saturated carbocycles. The lowest BCUT2D eigenvalue weighted by molar-refractivity contribution is -0.233. The Morgan fingerprint density at radius 2 is 1.41 bits per heavy atom.